The van der Waals surface area contributed by atoms with Gasteiger partial charge in [-0.05, 0) is 41.9 Å². The molecule has 0 amide bonds. The molecule has 114 valence electrons. The van der Waals surface area contributed by atoms with Crippen molar-refractivity contribution in [1.29, 1.82) is 0 Å². The first-order chi connectivity index (χ1) is 10.6. The summed E-state index contributed by atoms with van der Waals surface area (Å²) in [5, 5.41) is 17.1. The third kappa shape index (κ3) is 3.22. The zero-order valence-corrected chi connectivity index (χ0v) is 14.5. The number of rotatable bonds is 5. The number of halogens is 1. The van der Waals surface area contributed by atoms with Gasteiger partial charge < -0.3 is 8.98 Å². The summed E-state index contributed by atoms with van der Waals surface area (Å²) in [6.07, 6.45) is 1.73. The van der Waals surface area contributed by atoms with Crippen LogP contribution in [0.2, 0.25) is 0 Å². The summed E-state index contributed by atoms with van der Waals surface area (Å²) in [4.78, 5) is 0. The average molecular weight is 380 g/mol. The topological polar surface area (TPSA) is 69.6 Å². The van der Waals surface area contributed by atoms with E-state index in [4.69, 9.17) is 4.42 Å². The van der Waals surface area contributed by atoms with Crippen LogP contribution in [-0.2, 0) is 5.75 Å². The lowest BCUT2D eigenvalue weighted by Crippen LogP contribution is -2.00. The van der Waals surface area contributed by atoms with Gasteiger partial charge in [0.2, 0.25) is 11.8 Å². The second kappa shape index (κ2) is 6.62. The standard InChI is InChI=1S/C14H14BrN5OS/c1-9(2)20-8-16-19-14(20)22-7-12-17-18-13(21-12)10-5-3-4-6-11(10)15/h3-6,8-9H,7H2,1-2H3. The molecule has 0 aliphatic carbocycles. The van der Waals surface area contributed by atoms with E-state index in [9.17, 15) is 0 Å². The summed E-state index contributed by atoms with van der Waals surface area (Å²) < 4.78 is 8.66. The van der Waals surface area contributed by atoms with Crippen LogP contribution < -0.4 is 0 Å². The van der Waals surface area contributed by atoms with Gasteiger partial charge in [-0.3, -0.25) is 0 Å². The molecule has 0 aliphatic heterocycles. The maximum Gasteiger partial charge on any atom is 0.248 e. The molecule has 22 heavy (non-hydrogen) atoms. The SMILES string of the molecule is CC(C)n1cnnc1SCc1nnc(-c2ccccc2Br)o1. The Kier molecular flexibility index (Phi) is 4.58. The van der Waals surface area contributed by atoms with Gasteiger partial charge in [0.15, 0.2) is 5.16 Å². The minimum absolute atomic E-state index is 0.316. The van der Waals surface area contributed by atoms with E-state index >= 15 is 0 Å². The smallest absolute Gasteiger partial charge is 0.248 e. The van der Waals surface area contributed by atoms with Gasteiger partial charge in [-0.25, -0.2) is 0 Å². The van der Waals surface area contributed by atoms with Crippen molar-refractivity contribution in [2.45, 2.75) is 30.8 Å². The van der Waals surface area contributed by atoms with Gasteiger partial charge in [-0.1, -0.05) is 23.9 Å². The highest BCUT2D eigenvalue weighted by molar-refractivity contribution is 9.10. The highest BCUT2D eigenvalue weighted by Crippen LogP contribution is 2.28. The Morgan fingerprint density at radius 3 is 2.82 bits per heavy atom. The van der Waals surface area contributed by atoms with Gasteiger partial charge in [0.25, 0.3) is 0 Å². The Balaban J connectivity index is 1.73. The van der Waals surface area contributed by atoms with Gasteiger partial charge in [-0.2, -0.15) is 0 Å². The molecule has 0 radical (unpaired) electrons. The summed E-state index contributed by atoms with van der Waals surface area (Å²) in [7, 11) is 0. The lowest BCUT2D eigenvalue weighted by Gasteiger charge is -2.08. The molecule has 0 spiro atoms. The average Bonchev–Trinajstić information content (AvgIpc) is 3.14. The predicted molar refractivity (Wildman–Crippen MR) is 87.4 cm³/mol. The zero-order chi connectivity index (χ0) is 15.5. The van der Waals surface area contributed by atoms with E-state index in [0.29, 0.717) is 23.6 Å². The number of thioether (sulfide) groups is 1. The lowest BCUT2D eigenvalue weighted by molar-refractivity contribution is 0.525. The van der Waals surface area contributed by atoms with Gasteiger partial charge in [0, 0.05) is 10.5 Å². The van der Waals surface area contributed by atoms with Crippen LogP contribution in [0.4, 0.5) is 0 Å². The van der Waals surface area contributed by atoms with E-state index in [-0.39, 0.29) is 0 Å². The molecule has 2 aromatic heterocycles. The first-order valence-electron chi connectivity index (χ1n) is 6.74. The molecule has 2 heterocycles. The molecule has 0 aliphatic rings. The summed E-state index contributed by atoms with van der Waals surface area (Å²) in [5.74, 6) is 1.63. The fraction of sp³-hybridized carbons (Fsp3) is 0.286. The van der Waals surface area contributed by atoms with Crippen molar-refractivity contribution in [2.75, 3.05) is 0 Å². The van der Waals surface area contributed by atoms with Crippen LogP contribution in [-0.4, -0.2) is 25.0 Å². The molecule has 0 unspecified atom stereocenters. The van der Waals surface area contributed by atoms with Crippen molar-refractivity contribution >= 4 is 27.7 Å². The summed E-state index contributed by atoms with van der Waals surface area (Å²) >= 11 is 5.01. The maximum absolute atomic E-state index is 5.72. The van der Waals surface area contributed by atoms with E-state index in [1.807, 2.05) is 28.8 Å². The van der Waals surface area contributed by atoms with E-state index in [2.05, 4.69) is 50.2 Å². The largest absolute Gasteiger partial charge is 0.420 e. The van der Waals surface area contributed by atoms with Crippen molar-refractivity contribution in [3.05, 3.63) is 41.0 Å². The summed E-state index contributed by atoms with van der Waals surface area (Å²) in [6, 6.07) is 8.07. The maximum atomic E-state index is 5.72. The molecule has 0 N–H and O–H groups in total. The van der Waals surface area contributed by atoms with Crippen molar-refractivity contribution in [2.24, 2.45) is 0 Å². The molecular weight excluding hydrogens is 366 g/mol. The molecule has 3 aromatic rings. The van der Waals surface area contributed by atoms with Crippen molar-refractivity contribution in [3.63, 3.8) is 0 Å². The molecule has 3 rings (SSSR count). The molecule has 1 aromatic carbocycles. The number of aromatic nitrogens is 5. The van der Waals surface area contributed by atoms with E-state index < -0.39 is 0 Å². The van der Waals surface area contributed by atoms with E-state index in [1.165, 1.54) is 11.8 Å². The third-order valence-electron chi connectivity index (χ3n) is 2.99. The highest BCUT2D eigenvalue weighted by atomic mass is 79.9. The third-order valence-corrected chi connectivity index (χ3v) is 4.63. The monoisotopic (exact) mass is 379 g/mol. The molecule has 0 saturated heterocycles. The first-order valence-corrected chi connectivity index (χ1v) is 8.52. The van der Waals surface area contributed by atoms with E-state index in [1.54, 1.807) is 6.33 Å². The summed E-state index contributed by atoms with van der Waals surface area (Å²) in [5.41, 5.74) is 0.886. The Morgan fingerprint density at radius 1 is 1.23 bits per heavy atom. The van der Waals surface area contributed by atoms with Crippen LogP contribution in [0.3, 0.4) is 0 Å². The number of hydrogen-bond acceptors (Lipinski definition) is 6. The van der Waals surface area contributed by atoms with Gasteiger partial charge in [0.1, 0.15) is 6.33 Å². The summed E-state index contributed by atoms with van der Waals surface area (Å²) in [6.45, 7) is 4.18. The molecule has 0 atom stereocenters. The number of hydrogen-bond donors (Lipinski definition) is 0. The molecule has 0 bridgehead atoms. The van der Waals surface area contributed by atoms with Gasteiger partial charge in [-0.15, -0.1) is 20.4 Å². The normalized spacial score (nSPS) is 11.3. The quantitative estimate of drug-likeness (QED) is 0.624. The Morgan fingerprint density at radius 2 is 2.05 bits per heavy atom. The van der Waals surface area contributed by atoms with Crippen molar-refractivity contribution < 1.29 is 4.42 Å². The van der Waals surface area contributed by atoms with Crippen LogP contribution >= 0.6 is 27.7 Å². The van der Waals surface area contributed by atoms with Crippen LogP contribution in [0.15, 0.2) is 44.6 Å². The van der Waals surface area contributed by atoms with Crippen LogP contribution in [0.25, 0.3) is 11.5 Å². The molecule has 6 nitrogen and oxygen atoms in total. The fourth-order valence-electron chi connectivity index (χ4n) is 1.87. The molecule has 0 fully saturated rings. The molecular formula is C14H14BrN5OS. The van der Waals surface area contributed by atoms with Gasteiger partial charge in [0.05, 0.1) is 11.3 Å². The minimum atomic E-state index is 0.316. The van der Waals surface area contributed by atoms with Crippen molar-refractivity contribution in [3.8, 4) is 11.5 Å². The zero-order valence-electron chi connectivity index (χ0n) is 12.1. The number of nitrogens with zero attached hydrogens (tertiary/aromatic N) is 5. The second-order valence-corrected chi connectivity index (χ2v) is 6.68. The van der Waals surface area contributed by atoms with Crippen LogP contribution in [0, 0.1) is 0 Å². The van der Waals surface area contributed by atoms with Crippen molar-refractivity contribution in [1.82, 2.24) is 25.0 Å². The molecule has 8 heteroatoms. The van der Waals surface area contributed by atoms with Crippen LogP contribution in [0.5, 0.6) is 0 Å². The fourth-order valence-corrected chi connectivity index (χ4v) is 3.21. The molecule has 0 saturated carbocycles. The minimum Gasteiger partial charge on any atom is -0.420 e. The second-order valence-electron chi connectivity index (χ2n) is 4.88. The predicted octanol–water partition coefficient (Wildman–Crippen LogP) is 3.96. The van der Waals surface area contributed by atoms with Gasteiger partial charge >= 0.3 is 0 Å². The highest BCUT2D eigenvalue weighted by Gasteiger charge is 2.13. The number of benzene rings is 1. The Labute approximate surface area is 140 Å². The Hall–Kier alpha value is -1.67. The van der Waals surface area contributed by atoms with Crippen LogP contribution in [0.1, 0.15) is 25.8 Å². The van der Waals surface area contributed by atoms with E-state index in [0.717, 1.165) is 15.2 Å². The first kappa shape index (κ1) is 15.2. The Bertz CT molecular complexity index is 770. The lowest BCUT2D eigenvalue weighted by atomic mass is 10.2.